The highest BCUT2D eigenvalue weighted by Crippen LogP contribution is 2.18. The predicted molar refractivity (Wildman–Crippen MR) is 56.3 cm³/mol. The monoisotopic (exact) mass is 180 g/mol. The standard InChI is InChI=1S/C11H20N2/c1-3-5-10(4-2)13-11-7-6-9(12)8-11/h2,9-11,13H,3,5-8,12H2,1H3. The lowest BCUT2D eigenvalue weighted by molar-refractivity contribution is 0.460. The molecule has 2 heteroatoms. The Morgan fingerprint density at radius 2 is 2.38 bits per heavy atom. The van der Waals surface area contributed by atoms with Gasteiger partial charge in [-0.25, -0.2) is 0 Å². The number of hydrogen-bond acceptors (Lipinski definition) is 2. The van der Waals surface area contributed by atoms with Crippen molar-refractivity contribution in [3.8, 4) is 12.3 Å². The molecule has 0 radical (unpaired) electrons. The molecule has 3 atom stereocenters. The highest BCUT2D eigenvalue weighted by molar-refractivity contribution is 5.00. The van der Waals surface area contributed by atoms with E-state index < -0.39 is 0 Å². The Bertz CT molecular complexity index is 183. The minimum Gasteiger partial charge on any atom is -0.328 e. The van der Waals surface area contributed by atoms with Crippen LogP contribution in [0.5, 0.6) is 0 Å². The molecule has 1 saturated carbocycles. The highest BCUT2D eigenvalue weighted by Gasteiger charge is 2.22. The first-order chi connectivity index (χ1) is 6.26. The Morgan fingerprint density at radius 1 is 1.62 bits per heavy atom. The van der Waals surface area contributed by atoms with Crippen molar-refractivity contribution in [2.24, 2.45) is 5.73 Å². The van der Waals surface area contributed by atoms with Gasteiger partial charge >= 0.3 is 0 Å². The molecule has 0 heterocycles. The van der Waals surface area contributed by atoms with Crippen LogP contribution in [-0.2, 0) is 0 Å². The van der Waals surface area contributed by atoms with Gasteiger partial charge in [-0.3, -0.25) is 0 Å². The second kappa shape index (κ2) is 5.26. The van der Waals surface area contributed by atoms with E-state index in [9.17, 15) is 0 Å². The Labute approximate surface area is 81.3 Å². The van der Waals surface area contributed by atoms with E-state index in [1.165, 1.54) is 6.42 Å². The smallest absolute Gasteiger partial charge is 0.0688 e. The van der Waals surface area contributed by atoms with Crippen LogP contribution in [0.25, 0.3) is 0 Å². The van der Waals surface area contributed by atoms with Gasteiger partial charge in [0.05, 0.1) is 6.04 Å². The first-order valence-electron chi connectivity index (χ1n) is 5.24. The summed E-state index contributed by atoms with van der Waals surface area (Å²) in [4.78, 5) is 0. The van der Waals surface area contributed by atoms with Crippen molar-refractivity contribution < 1.29 is 0 Å². The van der Waals surface area contributed by atoms with Crippen LogP contribution in [0, 0.1) is 12.3 Å². The van der Waals surface area contributed by atoms with E-state index in [2.05, 4.69) is 18.2 Å². The van der Waals surface area contributed by atoms with Crippen molar-refractivity contribution in [2.45, 2.75) is 57.2 Å². The van der Waals surface area contributed by atoms with Crippen LogP contribution in [-0.4, -0.2) is 18.1 Å². The molecule has 0 spiro atoms. The maximum Gasteiger partial charge on any atom is 0.0688 e. The largest absolute Gasteiger partial charge is 0.328 e. The lowest BCUT2D eigenvalue weighted by atomic mass is 10.1. The lowest BCUT2D eigenvalue weighted by Gasteiger charge is -2.17. The van der Waals surface area contributed by atoms with Crippen LogP contribution in [0.3, 0.4) is 0 Å². The SMILES string of the molecule is C#CC(CCC)NC1CCC(N)C1. The molecule has 1 aliphatic carbocycles. The van der Waals surface area contributed by atoms with Crippen molar-refractivity contribution >= 4 is 0 Å². The van der Waals surface area contributed by atoms with E-state index in [-0.39, 0.29) is 6.04 Å². The van der Waals surface area contributed by atoms with Gasteiger partial charge in [-0.2, -0.15) is 0 Å². The molecule has 0 aromatic rings. The summed E-state index contributed by atoms with van der Waals surface area (Å²) < 4.78 is 0. The van der Waals surface area contributed by atoms with Crippen LogP contribution >= 0.6 is 0 Å². The molecule has 13 heavy (non-hydrogen) atoms. The third kappa shape index (κ3) is 3.38. The number of hydrogen-bond donors (Lipinski definition) is 2. The van der Waals surface area contributed by atoms with E-state index in [0.29, 0.717) is 12.1 Å². The number of nitrogens with one attached hydrogen (secondary N) is 1. The van der Waals surface area contributed by atoms with Gasteiger partial charge < -0.3 is 11.1 Å². The molecule has 1 aliphatic rings. The fourth-order valence-corrected chi connectivity index (χ4v) is 1.96. The Hall–Kier alpha value is -0.520. The highest BCUT2D eigenvalue weighted by atomic mass is 15.0. The van der Waals surface area contributed by atoms with Gasteiger partial charge in [0.25, 0.3) is 0 Å². The van der Waals surface area contributed by atoms with Crippen molar-refractivity contribution in [3.05, 3.63) is 0 Å². The van der Waals surface area contributed by atoms with Crippen LogP contribution in [0.2, 0.25) is 0 Å². The Kier molecular flexibility index (Phi) is 4.27. The molecule has 1 fully saturated rings. The summed E-state index contributed by atoms with van der Waals surface area (Å²) in [5, 5.41) is 3.48. The first-order valence-corrected chi connectivity index (χ1v) is 5.24. The normalized spacial score (nSPS) is 29.9. The molecule has 0 bridgehead atoms. The average molecular weight is 180 g/mol. The van der Waals surface area contributed by atoms with Gasteiger partial charge in [0, 0.05) is 12.1 Å². The van der Waals surface area contributed by atoms with E-state index in [0.717, 1.165) is 25.7 Å². The first kappa shape index (κ1) is 10.6. The molecular weight excluding hydrogens is 160 g/mol. The maximum absolute atomic E-state index is 5.82. The van der Waals surface area contributed by atoms with Gasteiger partial charge in [0.2, 0.25) is 0 Å². The minimum absolute atomic E-state index is 0.250. The zero-order chi connectivity index (χ0) is 9.68. The molecule has 0 aromatic carbocycles. The molecule has 74 valence electrons. The fraction of sp³-hybridized carbons (Fsp3) is 0.818. The summed E-state index contributed by atoms with van der Waals surface area (Å²) in [7, 11) is 0. The summed E-state index contributed by atoms with van der Waals surface area (Å²) in [5.41, 5.74) is 5.82. The van der Waals surface area contributed by atoms with Gasteiger partial charge in [0.15, 0.2) is 0 Å². The molecule has 2 nitrogen and oxygen atoms in total. The average Bonchev–Trinajstić information content (AvgIpc) is 2.50. The summed E-state index contributed by atoms with van der Waals surface area (Å²) in [6, 6.07) is 1.19. The lowest BCUT2D eigenvalue weighted by Crippen LogP contribution is -2.36. The van der Waals surface area contributed by atoms with Crippen molar-refractivity contribution in [3.63, 3.8) is 0 Å². The van der Waals surface area contributed by atoms with Crippen LogP contribution in [0.1, 0.15) is 39.0 Å². The molecule has 1 rings (SSSR count). The molecule has 3 unspecified atom stereocenters. The fourth-order valence-electron chi connectivity index (χ4n) is 1.96. The molecule has 0 saturated heterocycles. The van der Waals surface area contributed by atoms with Crippen LogP contribution < -0.4 is 11.1 Å². The summed E-state index contributed by atoms with van der Waals surface area (Å²) in [6.07, 6.45) is 11.0. The number of terminal acetylenes is 1. The predicted octanol–water partition coefficient (Wildman–Crippen LogP) is 1.26. The van der Waals surface area contributed by atoms with E-state index >= 15 is 0 Å². The third-order valence-corrected chi connectivity index (χ3v) is 2.69. The van der Waals surface area contributed by atoms with E-state index in [1.54, 1.807) is 0 Å². The molecule has 0 aliphatic heterocycles. The maximum atomic E-state index is 5.82. The number of rotatable bonds is 4. The molecule has 0 aromatic heterocycles. The summed E-state index contributed by atoms with van der Waals surface area (Å²) >= 11 is 0. The molecular formula is C11H20N2. The zero-order valence-electron chi connectivity index (χ0n) is 8.42. The Balaban J connectivity index is 2.26. The Morgan fingerprint density at radius 3 is 2.85 bits per heavy atom. The van der Waals surface area contributed by atoms with Crippen LogP contribution in [0.4, 0.5) is 0 Å². The second-order valence-electron chi connectivity index (χ2n) is 3.94. The van der Waals surface area contributed by atoms with Crippen molar-refractivity contribution in [1.29, 1.82) is 0 Å². The second-order valence-corrected chi connectivity index (χ2v) is 3.94. The summed E-state index contributed by atoms with van der Waals surface area (Å²) in [6.45, 7) is 2.16. The topological polar surface area (TPSA) is 38.0 Å². The zero-order valence-corrected chi connectivity index (χ0v) is 8.42. The molecule has 3 N–H and O–H groups in total. The number of nitrogens with two attached hydrogens (primary N) is 1. The third-order valence-electron chi connectivity index (χ3n) is 2.69. The van der Waals surface area contributed by atoms with Gasteiger partial charge in [-0.1, -0.05) is 19.3 Å². The van der Waals surface area contributed by atoms with E-state index in [4.69, 9.17) is 12.2 Å². The van der Waals surface area contributed by atoms with Gasteiger partial charge in [-0.05, 0) is 25.7 Å². The van der Waals surface area contributed by atoms with Crippen molar-refractivity contribution in [1.82, 2.24) is 5.32 Å². The van der Waals surface area contributed by atoms with Crippen molar-refractivity contribution in [2.75, 3.05) is 0 Å². The van der Waals surface area contributed by atoms with Crippen LogP contribution in [0.15, 0.2) is 0 Å². The van der Waals surface area contributed by atoms with Gasteiger partial charge in [0.1, 0.15) is 0 Å². The molecule has 0 amide bonds. The van der Waals surface area contributed by atoms with Gasteiger partial charge in [-0.15, -0.1) is 6.42 Å². The van der Waals surface area contributed by atoms with E-state index in [1.807, 2.05) is 0 Å². The minimum atomic E-state index is 0.250. The summed E-state index contributed by atoms with van der Waals surface area (Å²) in [5.74, 6) is 2.79. The quantitative estimate of drug-likeness (QED) is 0.639.